The number of unbranched alkanes of at least 4 members (excludes halogenated alkanes) is 1. The number of H-pyrrole nitrogens is 1. The number of fused-ring (bicyclic) bond motifs is 2. The van der Waals surface area contributed by atoms with Crippen molar-refractivity contribution in [1.29, 1.82) is 0 Å². The minimum absolute atomic E-state index is 0.185. The Hall–Kier alpha value is -3.20. The Morgan fingerprint density at radius 3 is 2.29 bits per heavy atom. The first-order valence-corrected chi connectivity index (χ1v) is 10.7. The summed E-state index contributed by atoms with van der Waals surface area (Å²) in [5.74, 6) is 0.425. The van der Waals surface area contributed by atoms with Crippen molar-refractivity contribution >= 4 is 21.7 Å². The van der Waals surface area contributed by atoms with Gasteiger partial charge in [-0.1, -0.05) is 30.3 Å². The number of ether oxygens (including phenoxy) is 1. The fraction of sp³-hybridized carbons (Fsp3) is 0.280. The molecule has 0 unspecified atom stereocenters. The fourth-order valence-electron chi connectivity index (χ4n) is 4.37. The maximum absolute atomic E-state index is 14.0. The van der Waals surface area contributed by atoms with Crippen LogP contribution < -0.4 is 10.5 Å². The summed E-state index contributed by atoms with van der Waals surface area (Å²) in [6.07, 6.45) is -8.67. The van der Waals surface area contributed by atoms with E-state index < -0.39 is 23.5 Å². The smallest absolute Gasteiger partial charge is 0.417 e. The Morgan fingerprint density at radius 2 is 1.65 bits per heavy atom. The van der Waals surface area contributed by atoms with Crippen molar-refractivity contribution in [2.24, 2.45) is 5.73 Å². The molecule has 0 fully saturated rings. The van der Waals surface area contributed by atoms with E-state index >= 15 is 0 Å². The Labute approximate surface area is 191 Å². The molecule has 0 saturated carbocycles. The lowest BCUT2D eigenvalue weighted by Gasteiger charge is -2.15. The highest BCUT2D eigenvalue weighted by molar-refractivity contribution is 6.00. The first-order valence-electron chi connectivity index (χ1n) is 10.7. The lowest BCUT2D eigenvalue weighted by molar-refractivity contribution is -0.142. The molecule has 0 spiro atoms. The molecule has 0 aliphatic heterocycles. The first kappa shape index (κ1) is 23.9. The molecular formula is C25H22F6N2O. The first-order chi connectivity index (χ1) is 16.1. The second-order valence-electron chi connectivity index (χ2n) is 8.03. The molecule has 4 aromatic rings. The summed E-state index contributed by atoms with van der Waals surface area (Å²) < 4.78 is 87.9. The highest BCUT2D eigenvalue weighted by atomic mass is 19.4. The summed E-state index contributed by atoms with van der Waals surface area (Å²) in [4.78, 5) is 2.86. The zero-order chi connectivity index (χ0) is 24.7. The number of alkyl halides is 6. The maximum Gasteiger partial charge on any atom is 0.417 e. The molecule has 3 aromatic carbocycles. The van der Waals surface area contributed by atoms with Crippen molar-refractivity contribution in [2.45, 2.75) is 31.6 Å². The van der Waals surface area contributed by atoms with Crippen molar-refractivity contribution in [1.82, 2.24) is 4.98 Å². The normalized spacial score (nSPS) is 12.6. The van der Waals surface area contributed by atoms with Crippen LogP contribution in [0.5, 0.6) is 5.75 Å². The Morgan fingerprint density at radius 1 is 0.912 bits per heavy atom. The van der Waals surface area contributed by atoms with E-state index in [1.165, 1.54) is 7.11 Å². The van der Waals surface area contributed by atoms with Crippen LogP contribution in [-0.4, -0.2) is 18.6 Å². The fourth-order valence-corrected chi connectivity index (χ4v) is 4.37. The minimum Gasteiger partial charge on any atom is -0.495 e. The average Bonchev–Trinajstić information content (AvgIpc) is 3.14. The van der Waals surface area contributed by atoms with Gasteiger partial charge in [0.05, 0.1) is 23.9 Å². The van der Waals surface area contributed by atoms with Gasteiger partial charge in [0, 0.05) is 21.9 Å². The number of nitrogens with one attached hydrogen (secondary N) is 1. The van der Waals surface area contributed by atoms with Crippen LogP contribution >= 0.6 is 0 Å². The molecule has 4 rings (SSSR count). The zero-order valence-corrected chi connectivity index (χ0v) is 18.2. The van der Waals surface area contributed by atoms with E-state index in [-0.39, 0.29) is 29.0 Å². The summed E-state index contributed by atoms with van der Waals surface area (Å²) in [5, 5.41) is 1.34. The summed E-state index contributed by atoms with van der Waals surface area (Å²) in [5.41, 5.74) is 3.73. The highest BCUT2D eigenvalue weighted by Gasteiger charge is 2.39. The van der Waals surface area contributed by atoms with Crippen LogP contribution in [0.25, 0.3) is 32.9 Å². The molecule has 0 amide bonds. The van der Waals surface area contributed by atoms with Crippen LogP contribution in [0, 0.1) is 0 Å². The number of aryl methyl sites for hydroxylation is 1. The standard InChI is InChI=1S/C25H22F6N2O/c1-34-23-16-7-3-2-6-14(16)9-10-18(23)22-17(8-4-5-11-32)21-19(25(29,30)31)12-15(24(26,27)28)13-20(21)33-22/h2-3,6-7,9-10,12-13,33H,4-5,8,11,32H2,1H3. The van der Waals surface area contributed by atoms with E-state index in [2.05, 4.69) is 4.98 Å². The van der Waals surface area contributed by atoms with Gasteiger partial charge in [0.2, 0.25) is 0 Å². The van der Waals surface area contributed by atoms with Crippen LogP contribution in [0.2, 0.25) is 0 Å². The van der Waals surface area contributed by atoms with Gasteiger partial charge in [-0.2, -0.15) is 26.3 Å². The van der Waals surface area contributed by atoms with Crippen LogP contribution in [0.1, 0.15) is 29.5 Å². The highest BCUT2D eigenvalue weighted by Crippen LogP contribution is 2.46. The van der Waals surface area contributed by atoms with E-state index in [4.69, 9.17) is 10.5 Å². The maximum atomic E-state index is 14.0. The SMILES string of the molecule is COc1c(-c2[nH]c3cc(C(F)(F)F)cc(C(F)(F)F)c3c2CCCCN)ccc2ccccc12. The van der Waals surface area contributed by atoms with E-state index in [0.29, 0.717) is 36.4 Å². The molecule has 0 saturated heterocycles. The Bertz CT molecular complexity index is 1340. The van der Waals surface area contributed by atoms with Gasteiger partial charge in [0.1, 0.15) is 5.75 Å². The molecule has 1 heterocycles. The number of hydrogen-bond donors (Lipinski definition) is 2. The molecule has 3 nitrogen and oxygen atoms in total. The number of benzene rings is 3. The molecule has 0 bridgehead atoms. The zero-order valence-electron chi connectivity index (χ0n) is 18.2. The minimum atomic E-state index is -4.98. The lowest BCUT2D eigenvalue weighted by atomic mass is 9.94. The molecule has 0 radical (unpaired) electrons. The summed E-state index contributed by atoms with van der Waals surface area (Å²) in [6, 6.07) is 11.8. The number of aromatic amines is 1. The van der Waals surface area contributed by atoms with Gasteiger partial charge in [-0.15, -0.1) is 0 Å². The monoisotopic (exact) mass is 480 g/mol. The van der Waals surface area contributed by atoms with Gasteiger partial charge in [-0.3, -0.25) is 0 Å². The lowest BCUT2D eigenvalue weighted by Crippen LogP contribution is -2.11. The van der Waals surface area contributed by atoms with Crippen LogP contribution in [0.4, 0.5) is 26.3 Å². The van der Waals surface area contributed by atoms with Crippen molar-refractivity contribution in [3.8, 4) is 17.0 Å². The Balaban J connectivity index is 2.08. The molecule has 34 heavy (non-hydrogen) atoms. The van der Waals surface area contributed by atoms with E-state index in [0.717, 1.165) is 16.8 Å². The quantitative estimate of drug-likeness (QED) is 0.225. The van der Waals surface area contributed by atoms with E-state index in [9.17, 15) is 26.3 Å². The number of nitrogens with two attached hydrogens (primary N) is 1. The summed E-state index contributed by atoms with van der Waals surface area (Å²) >= 11 is 0. The van der Waals surface area contributed by atoms with Crippen LogP contribution in [0.15, 0.2) is 48.5 Å². The number of hydrogen-bond acceptors (Lipinski definition) is 2. The number of halogens is 6. The van der Waals surface area contributed by atoms with Gasteiger partial charge in [-0.25, -0.2) is 0 Å². The van der Waals surface area contributed by atoms with Crippen LogP contribution in [-0.2, 0) is 18.8 Å². The van der Waals surface area contributed by atoms with Gasteiger partial charge in [0.15, 0.2) is 0 Å². The van der Waals surface area contributed by atoms with Crippen molar-refractivity contribution in [3.63, 3.8) is 0 Å². The van der Waals surface area contributed by atoms with Gasteiger partial charge < -0.3 is 15.5 Å². The van der Waals surface area contributed by atoms with Crippen molar-refractivity contribution in [3.05, 3.63) is 65.2 Å². The van der Waals surface area contributed by atoms with E-state index in [1.54, 1.807) is 18.2 Å². The number of aromatic nitrogens is 1. The molecule has 0 aliphatic carbocycles. The van der Waals surface area contributed by atoms with E-state index in [1.807, 2.05) is 18.2 Å². The summed E-state index contributed by atoms with van der Waals surface area (Å²) in [7, 11) is 1.45. The molecule has 1 aromatic heterocycles. The predicted octanol–water partition coefficient (Wildman–Crippen LogP) is 7.32. The van der Waals surface area contributed by atoms with Gasteiger partial charge >= 0.3 is 12.4 Å². The molecule has 3 N–H and O–H groups in total. The molecule has 180 valence electrons. The molecular weight excluding hydrogens is 458 g/mol. The number of rotatable bonds is 6. The van der Waals surface area contributed by atoms with Crippen molar-refractivity contribution in [2.75, 3.05) is 13.7 Å². The Kier molecular flexibility index (Phi) is 6.24. The third-order valence-electron chi connectivity index (χ3n) is 5.87. The third kappa shape index (κ3) is 4.32. The third-order valence-corrected chi connectivity index (χ3v) is 5.87. The predicted molar refractivity (Wildman–Crippen MR) is 120 cm³/mol. The number of methoxy groups -OCH3 is 1. The van der Waals surface area contributed by atoms with Crippen molar-refractivity contribution < 1.29 is 31.1 Å². The van der Waals surface area contributed by atoms with Crippen LogP contribution in [0.3, 0.4) is 0 Å². The molecule has 9 heteroatoms. The van der Waals surface area contributed by atoms with Gasteiger partial charge in [0.25, 0.3) is 0 Å². The second-order valence-corrected chi connectivity index (χ2v) is 8.03. The largest absolute Gasteiger partial charge is 0.495 e. The second kappa shape index (κ2) is 8.87. The van der Waals surface area contributed by atoms with Gasteiger partial charge in [-0.05, 0) is 55.0 Å². The molecule has 0 aliphatic rings. The average molecular weight is 480 g/mol. The summed E-state index contributed by atoms with van der Waals surface area (Å²) in [6.45, 7) is 0.349. The molecule has 0 atom stereocenters. The topological polar surface area (TPSA) is 51.0 Å².